The minimum Gasteiger partial charge on any atom is -0.480 e. The van der Waals surface area contributed by atoms with Gasteiger partial charge in [-0.1, -0.05) is 26.7 Å². The molecule has 0 heterocycles. The van der Waals surface area contributed by atoms with Crippen molar-refractivity contribution in [3.63, 3.8) is 0 Å². The number of aliphatic carboxylic acids is 1. The summed E-state index contributed by atoms with van der Waals surface area (Å²) in [6, 6.07) is 0.243. The van der Waals surface area contributed by atoms with E-state index in [-0.39, 0.29) is 0 Å². The Morgan fingerprint density at radius 1 is 1.47 bits per heavy atom. The van der Waals surface area contributed by atoms with E-state index in [1.54, 1.807) is 0 Å². The van der Waals surface area contributed by atoms with Crippen molar-refractivity contribution < 1.29 is 9.90 Å². The van der Waals surface area contributed by atoms with Crippen LogP contribution >= 0.6 is 0 Å². The van der Waals surface area contributed by atoms with E-state index in [2.05, 4.69) is 31.1 Å². The Kier molecular flexibility index (Phi) is 7.39. The molecule has 1 fully saturated rings. The molecule has 0 aromatic carbocycles. The Labute approximate surface area is 117 Å². The summed E-state index contributed by atoms with van der Waals surface area (Å²) in [4.78, 5) is 13.5. The molecule has 1 aliphatic rings. The van der Waals surface area contributed by atoms with E-state index in [1.165, 1.54) is 25.7 Å². The quantitative estimate of drug-likeness (QED) is 0.711. The van der Waals surface area contributed by atoms with Gasteiger partial charge in [-0.15, -0.1) is 0 Å². The number of rotatable bonds is 8. The zero-order chi connectivity index (χ0) is 14.3. The summed E-state index contributed by atoms with van der Waals surface area (Å²) in [5.74, 6) is 0.0912. The van der Waals surface area contributed by atoms with Gasteiger partial charge in [0.2, 0.25) is 0 Å². The van der Waals surface area contributed by atoms with Gasteiger partial charge in [0.1, 0.15) is 6.04 Å². The Balaban J connectivity index is 2.33. The maximum Gasteiger partial charge on any atom is 0.320 e. The third-order valence-electron chi connectivity index (χ3n) is 4.24. The first-order valence-electron chi connectivity index (χ1n) is 7.71. The lowest BCUT2D eigenvalue weighted by atomic mass is 9.86. The Bertz CT molecular complexity index is 271. The predicted molar refractivity (Wildman–Crippen MR) is 78.4 cm³/mol. The molecule has 3 atom stereocenters. The second kappa shape index (κ2) is 8.54. The minimum absolute atomic E-state index is 0.400. The standard InChI is InChI=1S/C15H30N2O2/c1-4-9-16-14(15(18)19)8-10-17(3)13-7-5-6-12(2)11-13/h12-14,16H,4-11H2,1-3H3,(H,18,19). The van der Waals surface area contributed by atoms with E-state index in [0.717, 1.165) is 25.4 Å². The predicted octanol–water partition coefficient (Wildman–Crippen LogP) is 2.34. The van der Waals surface area contributed by atoms with Crippen LogP contribution in [0.25, 0.3) is 0 Å². The Morgan fingerprint density at radius 2 is 2.21 bits per heavy atom. The van der Waals surface area contributed by atoms with Crippen molar-refractivity contribution in [3.05, 3.63) is 0 Å². The van der Waals surface area contributed by atoms with Gasteiger partial charge in [-0.25, -0.2) is 0 Å². The van der Waals surface area contributed by atoms with E-state index in [4.69, 9.17) is 0 Å². The molecule has 4 heteroatoms. The third-order valence-corrected chi connectivity index (χ3v) is 4.24. The van der Waals surface area contributed by atoms with Crippen LogP contribution in [0.5, 0.6) is 0 Å². The number of carboxylic acids is 1. The molecule has 0 radical (unpaired) electrons. The first-order chi connectivity index (χ1) is 9.04. The fourth-order valence-corrected chi connectivity index (χ4v) is 2.95. The first-order valence-corrected chi connectivity index (χ1v) is 7.71. The monoisotopic (exact) mass is 270 g/mol. The van der Waals surface area contributed by atoms with Crippen LogP contribution < -0.4 is 5.32 Å². The van der Waals surface area contributed by atoms with Crippen molar-refractivity contribution in [1.29, 1.82) is 0 Å². The molecule has 1 saturated carbocycles. The van der Waals surface area contributed by atoms with Crippen LogP contribution in [0.2, 0.25) is 0 Å². The molecule has 2 N–H and O–H groups in total. The van der Waals surface area contributed by atoms with Gasteiger partial charge in [-0.2, -0.15) is 0 Å². The number of carbonyl (C=O) groups is 1. The lowest BCUT2D eigenvalue weighted by Crippen LogP contribution is -2.42. The molecule has 3 unspecified atom stereocenters. The van der Waals surface area contributed by atoms with Gasteiger partial charge in [0.15, 0.2) is 0 Å². The van der Waals surface area contributed by atoms with Gasteiger partial charge in [0, 0.05) is 12.6 Å². The highest BCUT2D eigenvalue weighted by molar-refractivity contribution is 5.73. The molecule has 112 valence electrons. The molecular weight excluding hydrogens is 240 g/mol. The fourth-order valence-electron chi connectivity index (χ4n) is 2.95. The topological polar surface area (TPSA) is 52.6 Å². The summed E-state index contributed by atoms with van der Waals surface area (Å²) in [5.41, 5.74) is 0. The third kappa shape index (κ3) is 5.91. The molecule has 0 bridgehead atoms. The summed E-state index contributed by atoms with van der Waals surface area (Å²) in [7, 11) is 2.14. The Morgan fingerprint density at radius 3 is 2.79 bits per heavy atom. The smallest absolute Gasteiger partial charge is 0.320 e. The van der Waals surface area contributed by atoms with Crippen LogP contribution in [0.15, 0.2) is 0 Å². The van der Waals surface area contributed by atoms with Gasteiger partial charge < -0.3 is 15.3 Å². The molecular formula is C15H30N2O2. The van der Waals surface area contributed by atoms with E-state index in [0.29, 0.717) is 12.5 Å². The normalized spacial score (nSPS) is 25.5. The van der Waals surface area contributed by atoms with Gasteiger partial charge in [-0.3, -0.25) is 4.79 Å². The van der Waals surface area contributed by atoms with Gasteiger partial charge >= 0.3 is 5.97 Å². The van der Waals surface area contributed by atoms with Gasteiger partial charge in [0.05, 0.1) is 0 Å². The molecule has 0 saturated heterocycles. The molecule has 0 amide bonds. The zero-order valence-electron chi connectivity index (χ0n) is 12.7. The van der Waals surface area contributed by atoms with Crippen molar-refractivity contribution in [2.75, 3.05) is 20.1 Å². The SMILES string of the molecule is CCCNC(CCN(C)C1CCCC(C)C1)C(=O)O. The van der Waals surface area contributed by atoms with Crippen LogP contribution in [0.3, 0.4) is 0 Å². The van der Waals surface area contributed by atoms with Crippen LogP contribution in [0.4, 0.5) is 0 Å². The van der Waals surface area contributed by atoms with Crippen LogP contribution in [-0.2, 0) is 4.79 Å². The second-order valence-corrected chi connectivity index (χ2v) is 6.04. The van der Waals surface area contributed by atoms with Crippen LogP contribution in [-0.4, -0.2) is 48.2 Å². The lowest BCUT2D eigenvalue weighted by molar-refractivity contribution is -0.139. The molecule has 0 spiro atoms. The van der Waals surface area contributed by atoms with Crippen molar-refractivity contribution in [3.8, 4) is 0 Å². The van der Waals surface area contributed by atoms with E-state index in [1.807, 2.05) is 0 Å². The van der Waals surface area contributed by atoms with E-state index >= 15 is 0 Å². The van der Waals surface area contributed by atoms with E-state index in [9.17, 15) is 9.90 Å². The average molecular weight is 270 g/mol. The summed E-state index contributed by atoms with van der Waals surface area (Å²) in [6.45, 7) is 6.02. The van der Waals surface area contributed by atoms with Crippen LogP contribution in [0.1, 0.15) is 52.4 Å². The van der Waals surface area contributed by atoms with Gasteiger partial charge in [-0.05, 0) is 45.2 Å². The van der Waals surface area contributed by atoms with Gasteiger partial charge in [0.25, 0.3) is 0 Å². The van der Waals surface area contributed by atoms with Crippen LogP contribution in [0, 0.1) is 5.92 Å². The number of hydrogen-bond donors (Lipinski definition) is 2. The number of nitrogens with zero attached hydrogens (tertiary/aromatic N) is 1. The summed E-state index contributed by atoms with van der Waals surface area (Å²) >= 11 is 0. The molecule has 0 aromatic heterocycles. The number of carboxylic acid groups (broad SMARTS) is 1. The largest absolute Gasteiger partial charge is 0.480 e. The second-order valence-electron chi connectivity index (χ2n) is 6.04. The average Bonchev–Trinajstić information content (AvgIpc) is 2.38. The maximum absolute atomic E-state index is 11.2. The van der Waals surface area contributed by atoms with E-state index < -0.39 is 12.0 Å². The molecule has 1 aliphatic carbocycles. The number of nitrogens with one attached hydrogen (secondary N) is 1. The van der Waals surface area contributed by atoms with Crippen molar-refractivity contribution in [2.24, 2.45) is 5.92 Å². The molecule has 0 aliphatic heterocycles. The summed E-state index contributed by atoms with van der Waals surface area (Å²) < 4.78 is 0. The first kappa shape index (κ1) is 16.4. The summed E-state index contributed by atoms with van der Waals surface area (Å²) in [6.07, 6.45) is 6.85. The van der Waals surface area contributed by atoms with Crippen molar-refractivity contribution in [1.82, 2.24) is 10.2 Å². The highest BCUT2D eigenvalue weighted by atomic mass is 16.4. The zero-order valence-corrected chi connectivity index (χ0v) is 12.7. The van der Waals surface area contributed by atoms with Crippen molar-refractivity contribution >= 4 is 5.97 Å². The fraction of sp³-hybridized carbons (Fsp3) is 0.933. The molecule has 1 rings (SSSR count). The summed E-state index contributed by atoms with van der Waals surface area (Å²) in [5, 5.41) is 12.3. The maximum atomic E-state index is 11.2. The molecule has 19 heavy (non-hydrogen) atoms. The molecule has 4 nitrogen and oxygen atoms in total. The lowest BCUT2D eigenvalue weighted by Gasteiger charge is -2.34. The molecule has 0 aromatic rings. The Hall–Kier alpha value is -0.610. The number of hydrogen-bond acceptors (Lipinski definition) is 3. The highest BCUT2D eigenvalue weighted by Gasteiger charge is 2.24. The minimum atomic E-state index is -0.723. The highest BCUT2D eigenvalue weighted by Crippen LogP contribution is 2.26. The van der Waals surface area contributed by atoms with Crippen molar-refractivity contribution in [2.45, 2.75) is 64.5 Å².